The molecule has 0 bridgehead atoms. The lowest BCUT2D eigenvalue weighted by Gasteiger charge is -2.24. The summed E-state index contributed by atoms with van der Waals surface area (Å²) in [5.41, 5.74) is 2.38. The van der Waals surface area contributed by atoms with Crippen LogP contribution >= 0.6 is 0 Å². The number of fused-ring (bicyclic) bond motifs is 2. The van der Waals surface area contributed by atoms with Crippen LogP contribution in [-0.2, 0) is 0 Å². The highest BCUT2D eigenvalue weighted by Gasteiger charge is 2.29. The maximum absolute atomic E-state index is 12.9. The van der Waals surface area contributed by atoms with Gasteiger partial charge in [0.2, 0.25) is 0 Å². The topological polar surface area (TPSA) is 39.4 Å². The summed E-state index contributed by atoms with van der Waals surface area (Å²) >= 11 is 0. The second kappa shape index (κ2) is 4.77. The van der Waals surface area contributed by atoms with Gasteiger partial charge in [-0.05, 0) is 18.6 Å². The Morgan fingerprint density at radius 2 is 1.86 bits per heavy atom. The molecule has 2 heterocycles. The largest absolute Gasteiger partial charge is 0.493 e. The van der Waals surface area contributed by atoms with Crippen molar-refractivity contribution in [2.45, 2.75) is 12.3 Å². The number of benzene rings is 2. The molecule has 3 heteroatoms. The van der Waals surface area contributed by atoms with Crippen molar-refractivity contribution in [3.63, 3.8) is 0 Å². The van der Waals surface area contributed by atoms with Crippen molar-refractivity contribution in [3.05, 3.63) is 65.9 Å². The first-order chi connectivity index (χ1) is 10.3. The lowest BCUT2D eigenvalue weighted by molar-refractivity contribution is 0.0934. The molecule has 0 fully saturated rings. The fraction of sp³-hybridized carbons (Fsp3) is 0.167. The van der Waals surface area contributed by atoms with Crippen LogP contribution in [0.5, 0.6) is 5.75 Å². The van der Waals surface area contributed by atoms with Crippen molar-refractivity contribution < 1.29 is 13.9 Å². The van der Waals surface area contributed by atoms with E-state index >= 15 is 0 Å². The minimum absolute atomic E-state index is 0.107. The standard InChI is InChI=1S/C18H14O3/c19-18(15-11-21-17-8-4-2-6-13(15)17)14-9-10-20-16-7-3-1-5-12(14)16/h1-8,11,14H,9-10H2. The molecule has 21 heavy (non-hydrogen) atoms. The molecule has 1 unspecified atom stereocenters. The summed E-state index contributed by atoms with van der Waals surface area (Å²) in [4.78, 5) is 12.9. The first kappa shape index (κ1) is 12.2. The highest BCUT2D eigenvalue weighted by Crippen LogP contribution is 2.37. The minimum Gasteiger partial charge on any atom is -0.493 e. The summed E-state index contributed by atoms with van der Waals surface area (Å²) in [6, 6.07) is 15.4. The Hall–Kier alpha value is -2.55. The summed E-state index contributed by atoms with van der Waals surface area (Å²) in [6.07, 6.45) is 2.28. The van der Waals surface area contributed by atoms with E-state index in [9.17, 15) is 4.79 Å². The van der Waals surface area contributed by atoms with Crippen molar-refractivity contribution in [1.82, 2.24) is 0 Å². The van der Waals surface area contributed by atoms with Crippen LogP contribution in [0.25, 0.3) is 11.0 Å². The van der Waals surface area contributed by atoms with E-state index in [1.165, 1.54) is 0 Å². The van der Waals surface area contributed by atoms with Crippen molar-refractivity contribution in [2.24, 2.45) is 0 Å². The summed E-state index contributed by atoms with van der Waals surface area (Å²) in [6.45, 7) is 0.573. The Morgan fingerprint density at radius 1 is 1.05 bits per heavy atom. The second-order valence-corrected chi connectivity index (χ2v) is 5.24. The molecule has 1 atom stereocenters. The molecule has 1 aliphatic rings. The lowest BCUT2D eigenvalue weighted by Crippen LogP contribution is -2.21. The smallest absolute Gasteiger partial charge is 0.174 e. The zero-order valence-corrected chi connectivity index (χ0v) is 11.4. The number of ketones is 1. The van der Waals surface area contributed by atoms with Gasteiger partial charge in [0.25, 0.3) is 0 Å². The van der Waals surface area contributed by atoms with Crippen molar-refractivity contribution in [3.8, 4) is 5.75 Å². The molecular formula is C18H14O3. The maximum Gasteiger partial charge on any atom is 0.174 e. The quantitative estimate of drug-likeness (QED) is 0.660. The van der Waals surface area contributed by atoms with E-state index in [1.54, 1.807) is 6.26 Å². The number of furan rings is 1. The Labute approximate surface area is 122 Å². The second-order valence-electron chi connectivity index (χ2n) is 5.24. The van der Waals surface area contributed by atoms with Crippen LogP contribution < -0.4 is 4.74 Å². The third kappa shape index (κ3) is 1.93. The molecule has 2 aromatic carbocycles. The molecule has 0 N–H and O–H groups in total. The predicted octanol–water partition coefficient (Wildman–Crippen LogP) is 4.18. The van der Waals surface area contributed by atoms with E-state index in [1.807, 2.05) is 48.5 Å². The molecule has 3 nitrogen and oxygen atoms in total. The van der Waals surface area contributed by atoms with Crippen LogP contribution in [0.15, 0.2) is 59.2 Å². The molecule has 1 aliphatic heterocycles. The Morgan fingerprint density at radius 3 is 2.81 bits per heavy atom. The highest BCUT2D eigenvalue weighted by molar-refractivity contribution is 6.10. The zero-order valence-electron chi connectivity index (χ0n) is 11.4. The van der Waals surface area contributed by atoms with E-state index in [-0.39, 0.29) is 11.7 Å². The average molecular weight is 278 g/mol. The van der Waals surface area contributed by atoms with Gasteiger partial charge < -0.3 is 9.15 Å². The molecule has 0 radical (unpaired) electrons. The van der Waals surface area contributed by atoms with Gasteiger partial charge in [-0.25, -0.2) is 0 Å². The van der Waals surface area contributed by atoms with Gasteiger partial charge in [0, 0.05) is 10.9 Å². The monoisotopic (exact) mass is 278 g/mol. The van der Waals surface area contributed by atoms with Gasteiger partial charge in [-0.15, -0.1) is 0 Å². The van der Waals surface area contributed by atoms with Gasteiger partial charge in [0.05, 0.1) is 18.1 Å². The van der Waals surface area contributed by atoms with Crippen LogP contribution in [0.1, 0.15) is 28.3 Å². The van der Waals surface area contributed by atoms with Crippen molar-refractivity contribution >= 4 is 16.8 Å². The minimum atomic E-state index is -0.157. The number of Topliss-reactive ketones (excluding diaryl/α,β-unsaturated/α-hetero) is 1. The summed E-state index contributed by atoms with van der Waals surface area (Å²) in [5, 5.41) is 0.881. The lowest BCUT2D eigenvalue weighted by atomic mass is 9.86. The molecule has 0 aliphatic carbocycles. The van der Waals surface area contributed by atoms with E-state index in [4.69, 9.17) is 9.15 Å². The number of carbonyl (C=O) groups is 1. The zero-order chi connectivity index (χ0) is 14.2. The molecule has 104 valence electrons. The van der Waals surface area contributed by atoms with Crippen LogP contribution in [-0.4, -0.2) is 12.4 Å². The third-order valence-corrected chi connectivity index (χ3v) is 4.02. The van der Waals surface area contributed by atoms with Crippen molar-refractivity contribution in [2.75, 3.05) is 6.61 Å². The van der Waals surface area contributed by atoms with Gasteiger partial charge >= 0.3 is 0 Å². The van der Waals surface area contributed by atoms with Crippen molar-refractivity contribution in [1.29, 1.82) is 0 Å². The number of para-hydroxylation sites is 2. The summed E-state index contributed by atoms with van der Waals surface area (Å²) in [5.74, 6) is 0.765. The Balaban J connectivity index is 1.79. The molecule has 0 amide bonds. The number of carbonyl (C=O) groups excluding carboxylic acids is 1. The predicted molar refractivity (Wildman–Crippen MR) is 79.8 cm³/mol. The first-order valence-electron chi connectivity index (χ1n) is 7.07. The van der Waals surface area contributed by atoms with Gasteiger partial charge in [0.15, 0.2) is 5.78 Å². The number of hydrogen-bond acceptors (Lipinski definition) is 3. The van der Waals surface area contributed by atoms with Crippen LogP contribution in [0.4, 0.5) is 0 Å². The van der Waals surface area contributed by atoms with E-state index in [2.05, 4.69) is 0 Å². The van der Waals surface area contributed by atoms with Gasteiger partial charge in [-0.1, -0.05) is 36.4 Å². The van der Waals surface area contributed by atoms with E-state index in [0.29, 0.717) is 18.6 Å². The summed E-state index contributed by atoms with van der Waals surface area (Å²) < 4.78 is 11.1. The molecule has 0 saturated carbocycles. The SMILES string of the molecule is O=C(c1coc2ccccc12)C1CCOc2ccccc21. The van der Waals surface area contributed by atoms with E-state index in [0.717, 1.165) is 22.3 Å². The fourth-order valence-electron chi connectivity index (χ4n) is 2.97. The van der Waals surface area contributed by atoms with Crippen LogP contribution in [0, 0.1) is 0 Å². The molecule has 0 spiro atoms. The van der Waals surface area contributed by atoms with Gasteiger partial charge in [-0.2, -0.15) is 0 Å². The van der Waals surface area contributed by atoms with Crippen LogP contribution in [0.2, 0.25) is 0 Å². The average Bonchev–Trinajstić information content (AvgIpc) is 2.98. The normalized spacial score (nSPS) is 17.2. The molecule has 0 saturated heterocycles. The van der Waals surface area contributed by atoms with E-state index < -0.39 is 0 Å². The Kier molecular flexibility index (Phi) is 2.78. The highest BCUT2D eigenvalue weighted by atomic mass is 16.5. The maximum atomic E-state index is 12.9. The van der Waals surface area contributed by atoms with Gasteiger partial charge in [0.1, 0.15) is 17.6 Å². The fourth-order valence-corrected chi connectivity index (χ4v) is 2.97. The first-order valence-corrected chi connectivity index (χ1v) is 7.07. The summed E-state index contributed by atoms with van der Waals surface area (Å²) in [7, 11) is 0. The third-order valence-electron chi connectivity index (χ3n) is 4.02. The number of rotatable bonds is 2. The molecular weight excluding hydrogens is 264 g/mol. The number of hydrogen-bond donors (Lipinski definition) is 0. The molecule has 4 rings (SSSR count). The van der Waals surface area contributed by atoms with Gasteiger partial charge in [-0.3, -0.25) is 4.79 Å². The molecule has 3 aromatic rings. The van der Waals surface area contributed by atoms with Crippen LogP contribution in [0.3, 0.4) is 0 Å². The Bertz CT molecular complexity index is 816. The number of ether oxygens (including phenoxy) is 1. The molecule has 1 aromatic heterocycles.